The summed E-state index contributed by atoms with van der Waals surface area (Å²) in [6.45, 7) is 3.81. The summed E-state index contributed by atoms with van der Waals surface area (Å²) in [5.41, 5.74) is 0. The highest BCUT2D eigenvalue weighted by Crippen LogP contribution is 1.92. The number of ether oxygens (including phenoxy) is 1. The molecule has 2 nitrogen and oxygen atoms in total. The van der Waals surface area contributed by atoms with Gasteiger partial charge >= 0.3 is 5.97 Å². The zero-order valence-electron chi connectivity index (χ0n) is 7.75. The molecular weight excluding hydrogens is 152 g/mol. The molecular formula is C10H16O2. The largest absolute Gasteiger partial charge is 0.462 e. The van der Waals surface area contributed by atoms with Crippen LogP contribution in [0.5, 0.6) is 0 Å². The molecule has 68 valence electrons. The van der Waals surface area contributed by atoms with E-state index in [0.29, 0.717) is 6.61 Å². The second-order valence-electron chi connectivity index (χ2n) is 2.42. The van der Waals surface area contributed by atoms with Crippen molar-refractivity contribution in [3.8, 4) is 0 Å². The van der Waals surface area contributed by atoms with Crippen LogP contribution in [0.4, 0.5) is 0 Å². The topological polar surface area (TPSA) is 26.3 Å². The Morgan fingerprint density at radius 3 is 2.50 bits per heavy atom. The molecule has 0 aliphatic carbocycles. The number of carbonyl (C=O) groups is 1. The zero-order valence-corrected chi connectivity index (χ0v) is 7.75. The van der Waals surface area contributed by atoms with Crippen molar-refractivity contribution >= 4 is 5.97 Å². The molecule has 0 spiro atoms. The Balaban J connectivity index is 3.20. The molecule has 0 saturated carbocycles. The molecule has 0 aliphatic heterocycles. The molecule has 0 saturated heterocycles. The maximum atomic E-state index is 10.3. The van der Waals surface area contributed by atoms with E-state index >= 15 is 0 Å². The molecule has 0 fully saturated rings. The summed E-state index contributed by atoms with van der Waals surface area (Å²) in [6.07, 6.45) is 10.1. The van der Waals surface area contributed by atoms with E-state index < -0.39 is 0 Å². The van der Waals surface area contributed by atoms with Crippen LogP contribution >= 0.6 is 0 Å². The predicted molar refractivity (Wildman–Crippen MR) is 49.8 cm³/mol. The SMILES string of the molecule is C/C=C\CC/C=C/COC(C)=O. The van der Waals surface area contributed by atoms with Gasteiger partial charge in [0.05, 0.1) is 0 Å². The molecule has 12 heavy (non-hydrogen) atoms. The van der Waals surface area contributed by atoms with Gasteiger partial charge in [-0.3, -0.25) is 4.79 Å². The van der Waals surface area contributed by atoms with Crippen molar-refractivity contribution in [3.05, 3.63) is 24.3 Å². The standard InChI is InChI=1S/C10H16O2/c1-3-4-5-6-7-8-9-12-10(2)11/h3-4,7-8H,5-6,9H2,1-2H3/b4-3-,8-7+. The van der Waals surface area contributed by atoms with Crippen LogP contribution in [0.2, 0.25) is 0 Å². The van der Waals surface area contributed by atoms with Crippen molar-refractivity contribution in [1.82, 2.24) is 0 Å². The van der Waals surface area contributed by atoms with Gasteiger partial charge < -0.3 is 4.74 Å². The second kappa shape index (κ2) is 8.05. The van der Waals surface area contributed by atoms with Gasteiger partial charge in [-0.25, -0.2) is 0 Å². The van der Waals surface area contributed by atoms with Crippen LogP contribution in [0.15, 0.2) is 24.3 Å². The fourth-order valence-electron chi connectivity index (χ4n) is 0.710. The molecule has 0 rings (SSSR count). The molecule has 0 aromatic rings. The van der Waals surface area contributed by atoms with E-state index in [2.05, 4.69) is 6.08 Å². The van der Waals surface area contributed by atoms with E-state index in [1.165, 1.54) is 6.92 Å². The van der Waals surface area contributed by atoms with Gasteiger partial charge in [-0.2, -0.15) is 0 Å². The number of allylic oxidation sites excluding steroid dienone is 3. The van der Waals surface area contributed by atoms with Gasteiger partial charge in [0.25, 0.3) is 0 Å². The minimum absolute atomic E-state index is 0.229. The summed E-state index contributed by atoms with van der Waals surface area (Å²) in [4.78, 5) is 10.3. The molecule has 0 amide bonds. The van der Waals surface area contributed by atoms with E-state index in [1.54, 1.807) is 0 Å². The van der Waals surface area contributed by atoms with E-state index in [0.717, 1.165) is 12.8 Å². The lowest BCUT2D eigenvalue weighted by Gasteiger charge is -1.93. The van der Waals surface area contributed by atoms with Crippen LogP contribution in [0.3, 0.4) is 0 Å². The number of hydrogen-bond acceptors (Lipinski definition) is 2. The number of esters is 1. The van der Waals surface area contributed by atoms with Crippen LogP contribution in [0, 0.1) is 0 Å². The number of unbranched alkanes of at least 4 members (excludes halogenated alkanes) is 1. The normalized spacial score (nSPS) is 11.2. The number of rotatable bonds is 5. The smallest absolute Gasteiger partial charge is 0.302 e. The first-order valence-corrected chi connectivity index (χ1v) is 4.17. The van der Waals surface area contributed by atoms with Crippen LogP contribution in [0.1, 0.15) is 26.7 Å². The van der Waals surface area contributed by atoms with Crippen molar-refractivity contribution in [2.24, 2.45) is 0 Å². The predicted octanol–water partition coefficient (Wildman–Crippen LogP) is 2.46. The molecule has 0 N–H and O–H groups in total. The summed E-state index contributed by atoms with van der Waals surface area (Å²) >= 11 is 0. The first-order chi connectivity index (χ1) is 5.77. The zero-order chi connectivity index (χ0) is 9.23. The average Bonchev–Trinajstić information content (AvgIpc) is 2.02. The van der Waals surface area contributed by atoms with Crippen molar-refractivity contribution < 1.29 is 9.53 Å². The van der Waals surface area contributed by atoms with E-state index in [4.69, 9.17) is 4.74 Å². The highest BCUT2D eigenvalue weighted by atomic mass is 16.5. The van der Waals surface area contributed by atoms with Gasteiger partial charge in [-0.1, -0.05) is 24.3 Å². The van der Waals surface area contributed by atoms with E-state index in [1.807, 2.05) is 25.2 Å². The van der Waals surface area contributed by atoms with E-state index in [9.17, 15) is 4.79 Å². The lowest BCUT2D eigenvalue weighted by molar-refractivity contribution is -0.139. The summed E-state index contributed by atoms with van der Waals surface area (Å²) < 4.78 is 4.70. The molecule has 0 heterocycles. The highest BCUT2D eigenvalue weighted by Gasteiger charge is 1.85. The summed E-state index contributed by atoms with van der Waals surface area (Å²) in [5.74, 6) is -0.229. The van der Waals surface area contributed by atoms with Gasteiger partial charge in [0.2, 0.25) is 0 Å². The van der Waals surface area contributed by atoms with Crippen LogP contribution in [-0.2, 0) is 9.53 Å². The lowest BCUT2D eigenvalue weighted by Crippen LogP contribution is -1.97. The Kier molecular flexibility index (Phi) is 7.35. The van der Waals surface area contributed by atoms with Crippen LogP contribution < -0.4 is 0 Å². The third kappa shape index (κ3) is 8.95. The first-order valence-electron chi connectivity index (χ1n) is 4.17. The first kappa shape index (κ1) is 11.0. The Labute approximate surface area is 73.9 Å². The summed E-state index contributed by atoms with van der Waals surface area (Å²) in [5, 5.41) is 0. The maximum Gasteiger partial charge on any atom is 0.302 e. The molecule has 0 aromatic heterocycles. The minimum atomic E-state index is -0.229. The molecule has 0 aliphatic rings. The molecule has 0 aromatic carbocycles. The fourth-order valence-corrected chi connectivity index (χ4v) is 0.710. The molecule has 0 radical (unpaired) electrons. The average molecular weight is 168 g/mol. The van der Waals surface area contributed by atoms with Gasteiger partial charge in [-0.05, 0) is 19.8 Å². The van der Waals surface area contributed by atoms with Crippen molar-refractivity contribution in [2.75, 3.05) is 6.61 Å². The lowest BCUT2D eigenvalue weighted by atomic mass is 10.3. The maximum absolute atomic E-state index is 10.3. The van der Waals surface area contributed by atoms with Gasteiger partial charge in [0, 0.05) is 6.92 Å². The molecule has 2 heteroatoms. The van der Waals surface area contributed by atoms with Crippen LogP contribution in [0.25, 0.3) is 0 Å². The summed E-state index contributed by atoms with van der Waals surface area (Å²) in [7, 11) is 0. The Morgan fingerprint density at radius 2 is 1.92 bits per heavy atom. The molecule has 0 atom stereocenters. The van der Waals surface area contributed by atoms with E-state index in [-0.39, 0.29) is 5.97 Å². The third-order valence-electron chi connectivity index (χ3n) is 1.29. The van der Waals surface area contributed by atoms with Crippen molar-refractivity contribution in [1.29, 1.82) is 0 Å². The number of hydrogen-bond donors (Lipinski definition) is 0. The Hall–Kier alpha value is -1.05. The van der Waals surface area contributed by atoms with Crippen molar-refractivity contribution in [3.63, 3.8) is 0 Å². The van der Waals surface area contributed by atoms with Crippen molar-refractivity contribution in [2.45, 2.75) is 26.7 Å². The fraction of sp³-hybridized carbons (Fsp3) is 0.500. The Bertz CT molecular complexity index is 169. The molecule has 0 bridgehead atoms. The Morgan fingerprint density at radius 1 is 1.25 bits per heavy atom. The number of carbonyl (C=O) groups excluding carboxylic acids is 1. The van der Waals surface area contributed by atoms with Gasteiger partial charge in [-0.15, -0.1) is 0 Å². The monoisotopic (exact) mass is 168 g/mol. The highest BCUT2D eigenvalue weighted by molar-refractivity contribution is 5.65. The summed E-state index contributed by atoms with van der Waals surface area (Å²) in [6, 6.07) is 0. The van der Waals surface area contributed by atoms with Gasteiger partial charge in [0.1, 0.15) is 6.61 Å². The third-order valence-corrected chi connectivity index (χ3v) is 1.29. The second-order valence-corrected chi connectivity index (χ2v) is 2.42. The minimum Gasteiger partial charge on any atom is -0.462 e. The van der Waals surface area contributed by atoms with Gasteiger partial charge in [0.15, 0.2) is 0 Å². The van der Waals surface area contributed by atoms with Crippen LogP contribution in [-0.4, -0.2) is 12.6 Å². The quantitative estimate of drug-likeness (QED) is 0.358. The molecule has 0 unspecified atom stereocenters.